The van der Waals surface area contributed by atoms with Gasteiger partial charge in [-0.3, -0.25) is 24.1 Å². The van der Waals surface area contributed by atoms with Gasteiger partial charge in [-0.25, -0.2) is 4.57 Å². The van der Waals surface area contributed by atoms with Gasteiger partial charge in [-0.05, 0) is 31.7 Å². The van der Waals surface area contributed by atoms with E-state index in [9.17, 15) is 19.2 Å². The van der Waals surface area contributed by atoms with Gasteiger partial charge in [0.05, 0.1) is 32.4 Å². The number of carbonyl (C=O) groups excluding carboxylic acids is 4. The van der Waals surface area contributed by atoms with Crippen molar-refractivity contribution in [2.75, 3.05) is 39.5 Å². The fourth-order valence-electron chi connectivity index (χ4n) is 5.43. The minimum Gasteiger partial charge on any atom is -0.379 e. The Kier molecular flexibility index (Phi) is 10.3. The Bertz CT molecular complexity index is 1050. The number of amides is 3. The maximum Gasteiger partial charge on any atom is 0.243 e. The fourth-order valence-corrected chi connectivity index (χ4v) is 5.43. The standard InChI is InChI=1S/C29H43N5O6/c1-20(30-25(35)18-34-12-14-39-15-13-34)27(37)32-24(17-22-8-10-33(3)11-9-22)28(38)31-23(16-21-6-4-5-7-21)26(36)29(2)19-40-29/h8-11,20-21,23-24H,4-7,12-19H2,1-3H3,(H2-,30,31,32,35,37,38)/p+1. The molecule has 1 aromatic rings. The summed E-state index contributed by atoms with van der Waals surface area (Å²) in [6.45, 7) is 6.37. The lowest BCUT2D eigenvalue weighted by Crippen LogP contribution is -2.57. The number of rotatable bonds is 13. The molecule has 3 aliphatic rings. The fraction of sp³-hybridized carbons (Fsp3) is 0.690. The normalized spacial score (nSPS) is 23.6. The summed E-state index contributed by atoms with van der Waals surface area (Å²) in [4.78, 5) is 54.6. The van der Waals surface area contributed by atoms with Crippen LogP contribution >= 0.6 is 0 Å². The van der Waals surface area contributed by atoms with E-state index in [2.05, 4.69) is 16.0 Å². The maximum absolute atomic E-state index is 13.7. The van der Waals surface area contributed by atoms with Gasteiger partial charge in [-0.15, -0.1) is 0 Å². The van der Waals surface area contributed by atoms with Crippen molar-refractivity contribution in [1.82, 2.24) is 20.9 Å². The molecule has 4 rings (SSSR count). The highest BCUT2D eigenvalue weighted by atomic mass is 16.6. The van der Waals surface area contributed by atoms with Gasteiger partial charge >= 0.3 is 0 Å². The molecule has 3 fully saturated rings. The van der Waals surface area contributed by atoms with Gasteiger partial charge in [0, 0.05) is 31.6 Å². The minimum atomic E-state index is -0.925. The van der Waals surface area contributed by atoms with Crippen LogP contribution < -0.4 is 20.5 Å². The van der Waals surface area contributed by atoms with Crippen molar-refractivity contribution in [3.63, 3.8) is 0 Å². The zero-order chi connectivity index (χ0) is 28.7. The van der Waals surface area contributed by atoms with E-state index in [1.165, 1.54) is 0 Å². The van der Waals surface area contributed by atoms with Crippen LogP contribution in [0.3, 0.4) is 0 Å². The third-order valence-corrected chi connectivity index (χ3v) is 8.14. The molecule has 2 aliphatic heterocycles. The molecular weight excluding hydrogens is 514 g/mol. The summed E-state index contributed by atoms with van der Waals surface area (Å²) in [6, 6.07) is 1.33. The minimum absolute atomic E-state index is 0.117. The topological polar surface area (TPSA) is 133 Å². The average Bonchev–Trinajstić information content (AvgIpc) is 3.47. The number of nitrogens with one attached hydrogen (secondary N) is 3. The average molecular weight is 559 g/mol. The van der Waals surface area contributed by atoms with Crippen LogP contribution in [0.5, 0.6) is 0 Å². The highest BCUT2D eigenvalue weighted by Gasteiger charge is 2.50. The van der Waals surface area contributed by atoms with Crippen molar-refractivity contribution in [3.8, 4) is 0 Å². The Morgan fingerprint density at radius 1 is 1.02 bits per heavy atom. The van der Waals surface area contributed by atoms with Gasteiger partial charge in [-0.2, -0.15) is 0 Å². The number of ether oxygens (including phenoxy) is 2. The molecule has 1 aliphatic carbocycles. The number of carbonyl (C=O) groups is 4. The number of hydrogen-bond acceptors (Lipinski definition) is 7. The monoisotopic (exact) mass is 558 g/mol. The molecule has 1 saturated carbocycles. The molecule has 3 N–H and O–H groups in total. The lowest BCUT2D eigenvalue weighted by atomic mass is 9.90. The highest BCUT2D eigenvalue weighted by molar-refractivity contribution is 5.98. The summed E-state index contributed by atoms with van der Waals surface area (Å²) >= 11 is 0. The molecule has 2 saturated heterocycles. The number of ketones is 1. The molecule has 0 radical (unpaired) electrons. The molecule has 220 valence electrons. The third kappa shape index (κ3) is 8.55. The lowest BCUT2D eigenvalue weighted by Gasteiger charge is -2.27. The van der Waals surface area contributed by atoms with Crippen LogP contribution in [0.15, 0.2) is 24.5 Å². The first-order chi connectivity index (χ1) is 19.1. The molecule has 11 nitrogen and oxygen atoms in total. The number of aryl methyl sites for hydroxylation is 1. The predicted octanol–water partition coefficient (Wildman–Crippen LogP) is -0.202. The number of pyridine rings is 1. The van der Waals surface area contributed by atoms with Crippen LogP contribution in [0.25, 0.3) is 0 Å². The van der Waals surface area contributed by atoms with Crippen molar-refractivity contribution >= 4 is 23.5 Å². The first-order valence-corrected chi connectivity index (χ1v) is 14.5. The summed E-state index contributed by atoms with van der Waals surface area (Å²) in [5.74, 6) is -0.892. The van der Waals surface area contributed by atoms with Crippen LogP contribution in [0.1, 0.15) is 51.5 Å². The molecule has 3 heterocycles. The maximum atomic E-state index is 13.7. The Labute approximate surface area is 236 Å². The number of aromatic nitrogens is 1. The molecule has 1 aromatic heterocycles. The molecular formula is C29H44N5O6+. The third-order valence-electron chi connectivity index (χ3n) is 8.14. The SMILES string of the molecule is CC(NC(=O)CN1CCOCC1)C(=O)NC(Cc1cc[n+](C)cc1)C(=O)NC(CC1CCCC1)C(=O)C1(C)CO1. The van der Waals surface area contributed by atoms with Gasteiger partial charge in [0.1, 0.15) is 24.7 Å². The number of hydrogen-bond donors (Lipinski definition) is 3. The zero-order valence-corrected chi connectivity index (χ0v) is 23.9. The molecule has 0 aromatic carbocycles. The smallest absolute Gasteiger partial charge is 0.243 e. The Morgan fingerprint density at radius 3 is 2.27 bits per heavy atom. The molecule has 11 heteroatoms. The Hall–Kier alpha value is -2.89. The van der Waals surface area contributed by atoms with Crippen LogP contribution in [-0.4, -0.2) is 91.6 Å². The van der Waals surface area contributed by atoms with Crippen LogP contribution in [0, 0.1) is 5.92 Å². The van der Waals surface area contributed by atoms with E-state index >= 15 is 0 Å². The van der Waals surface area contributed by atoms with Gasteiger partial charge in [0.25, 0.3) is 0 Å². The second kappa shape index (κ2) is 13.6. The molecule has 0 spiro atoms. The first-order valence-electron chi connectivity index (χ1n) is 14.5. The Balaban J connectivity index is 1.42. The van der Waals surface area contributed by atoms with E-state index in [1.54, 1.807) is 13.8 Å². The van der Waals surface area contributed by atoms with Crippen LogP contribution in [-0.2, 0) is 42.1 Å². The summed E-state index contributed by atoms with van der Waals surface area (Å²) in [7, 11) is 1.90. The summed E-state index contributed by atoms with van der Waals surface area (Å²) in [6.07, 6.45) is 8.90. The Morgan fingerprint density at radius 2 is 1.65 bits per heavy atom. The van der Waals surface area contributed by atoms with Crippen LogP contribution in [0.2, 0.25) is 0 Å². The first kappa shape index (κ1) is 30.1. The van der Waals surface area contributed by atoms with Gasteiger partial charge in [0.2, 0.25) is 17.7 Å². The van der Waals surface area contributed by atoms with E-state index < -0.39 is 35.5 Å². The van der Waals surface area contributed by atoms with Gasteiger partial charge in [0.15, 0.2) is 18.2 Å². The second-order valence-corrected chi connectivity index (χ2v) is 11.6. The van der Waals surface area contributed by atoms with Crippen molar-refractivity contribution in [2.24, 2.45) is 13.0 Å². The van der Waals surface area contributed by atoms with E-state index in [0.29, 0.717) is 45.2 Å². The summed E-state index contributed by atoms with van der Waals surface area (Å²) in [5, 5.41) is 8.54. The largest absolute Gasteiger partial charge is 0.379 e. The van der Waals surface area contributed by atoms with Crippen molar-refractivity contribution in [3.05, 3.63) is 30.1 Å². The summed E-state index contributed by atoms with van der Waals surface area (Å²) in [5.41, 5.74) is 0.00154. The number of epoxide rings is 1. The van der Waals surface area contributed by atoms with Crippen molar-refractivity contribution in [2.45, 2.75) is 76.1 Å². The van der Waals surface area contributed by atoms with Crippen LogP contribution in [0.4, 0.5) is 0 Å². The zero-order valence-electron chi connectivity index (χ0n) is 23.9. The van der Waals surface area contributed by atoms with Gasteiger partial charge < -0.3 is 25.4 Å². The number of Topliss-reactive ketones (excluding diaryl/α,β-unsaturated/α-hetero) is 1. The molecule has 4 unspecified atom stereocenters. The van der Waals surface area contributed by atoms with E-state index in [-0.39, 0.29) is 24.7 Å². The summed E-state index contributed by atoms with van der Waals surface area (Å²) < 4.78 is 12.6. The van der Waals surface area contributed by atoms with E-state index in [1.807, 2.05) is 41.0 Å². The number of nitrogens with zero attached hydrogens (tertiary/aromatic N) is 2. The number of morpholine rings is 1. The van der Waals surface area contributed by atoms with E-state index in [0.717, 1.165) is 31.2 Å². The van der Waals surface area contributed by atoms with Crippen molar-refractivity contribution in [1.29, 1.82) is 0 Å². The second-order valence-electron chi connectivity index (χ2n) is 11.6. The highest BCUT2D eigenvalue weighted by Crippen LogP contribution is 2.33. The molecule has 0 bridgehead atoms. The van der Waals surface area contributed by atoms with Gasteiger partial charge in [-0.1, -0.05) is 25.7 Å². The predicted molar refractivity (Wildman–Crippen MR) is 146 cm³/mol. The van der Waals surface area contributed by atoms with Crippen molar-refractivity contribution < 1.29 is 33.2 Å². The van der Waals surface area contributed by atoms with E-state index in [4.69, 9.17) is 9.47 Å². The molecule has 40 heavy (non-hydrogen) atoms. The lowest BCUT2D eigenvalue weighted by molar-refractivity contribution is -0.671. The molecule has 3 amide bonds. The quantitative estimate of drug-likeness (QED) is 0.226. The molecule has 4 atom stereocenters.